The van der Waals surface area contributed by atoms with E-state index >= 15 is 0 Å². The molecule has 7 heteroatoms. The predicted molar refractivity (Wildman–Crippen MR) is 102 cm³/mol. The van der Waals surface area contributed by atoms with Crippen LogP contribution in [-0.4, -0.2) is 28.3 Å². The standard InChI is InChI=1S/C17H26N4OS.ClH/c1-10(2)15-12-8-14(23-17(12)21(3)20-15)16(22)19-13-7-5-4-6-11(13)9-18;/h8,10-11,13H,4-7,9,18H2,1-3H3,(H,19,22);1H. The number of aryl methyl sites for hydroxylation is 1. The fourth-order valence-corrected chi connectivity index (χ4v) is 4.51. The maximum atomic E-state index is 12.7. The van der Waals surface area contributed by atoms with Crippen LogP contribution in [0.5, 0.6) is 0 Å². The van der Waals surface area contributed by atoms with E-state index in [1.54, 1.807) is 0 Å². The van der Waals surface area contributed by atoms with Gasteiger partial charge in [0.2, 0.25) is 0 Å². The molecule has 134 valence electrons. The third kappa shape index (κ3) is 3.60. The van der Waals surface area contributed by atoms with Crippen LogP contribution in [0.25, 0.3) is 10.2 Å². The Labute approximate surface area is 153 Å². The second kappa shape index (κ2) is 7.85. The lowest BCUT2D eigenvalue weighted by Crippen LogP contribution is -2.44. The van der Waals surface area contributed by atoms with E-state index in [2.05, 4.69) is 24.3 Å². The zero-order valence-corrected chi connectivity index (χ0v) is 16.2. The van der Waals surface area contributed by atoms with E-state index in [1.807, 2.05) is 17.8 Å². The number of fused-ring (bicyclic) bond motifs is 1. The molecule has 0 spiro atoms. The van der Waals surface area contributed by atoms with Gasteiger partial charge in [0, 0.05) is 18.5 Å². The molecule has 2 aromatic heterocycles. The number of amides is 1. The van der Waals surface area contributed by atoms with Crippen molar-refractivity contribution in [1.82, 2.24) is 15.1 Å². The first-order valence-electron chi connectivity index (χ1n) is 8.48. The zero-order chi connectivity index (χ0) is 16.6. The van der Waals surface area contributed by atoms with E-state index in [1.165, 1.54) is 24.2 Å². The molecule has 1 aliphatic rings. The Kier molecular flexibility index (Phi) is 6.28. The summed E-state index contributed by atoms with van der Waals surface area (Å²) in [5, 5.41) is 8.89. The molecule has 24 heavy (non-hydrogen) atoms. The van der Waals surface area contributed by atoms with E-state index in [0.29, 0.717) is 18.4 Å². The predicted octanol–water partition coefficient (Wildman–Crippen LogP) is 3.43. The summed E-state index contributed by atoms with van der Waals surface area (Å²) < 4.78 is 1.88. The van der Waals surface area contributed by atoms with Crippen LogP contribution in [0.3, 0.4) is 0 Å². The minimum Gasteiger partial charge on any atom is -0.348 e. The maximum absolute atomic E-state index is 12.7. The highest BCUT2D eigenvalue weighted by atomic mass is 35.5. The number of carbonyl (C=O) groups excluding carboxylic acids is 1. The molecule has 1 saturated carbocycles. The van der Waals surface area contributed by atoms with Gasteiger partial charge in [0.15, 0.2) is 0 Å². The largest absolute Gasteiger partial charge is 0.348 e. The van der Waals surface area contributed by atoms with Crippen molar-refractivity contribution in [2.24, 2.45) is 18.7 Å². The molecule has 2 heterocycles. The Morgan fingerprint density at radius 1 is 1.46 bits per heavy atom. The molecule has 2 aromatic rings. The topological polar surface area (TPSA) is 72.9 Å². The summed E-state index contributed by atoms with van der Waals surface area (Å²) in [6.45, 7) is 4.92. The summed E-state index contributed by atoms with van der Waals surface area (Å²) in [5.41, 5.74) is 6.93. The van der Waals surface area contributed by atoms with E-state index in [0.717, 1.165) is 33.6 Å². The molecule has 0 radical (unpaired) electrons. The van der Waals surface area contributed by atoms with Gasteiger partial charge in [-0.05, 0) is 37.3 Å². The number of nitrogens with zero attached hydrogens (tertiary/aromatic N) is 2. The fourth-order valence-electron chi connectivity index (χ4n) is 3.52. The zero-order valence-electron chi connectivity index (χ0n) is 14.5. The van der Waals surface area contributed by atoms with E-state index in [-0.39, 0.29) is 24.4 Å². The first kappa shape index (κ1) is 19.2. The average molecular weight is 371 g/mol. The second-order valence-electron chi connectivity index (χ2n) is 6.85. The molecule has 0 saturated heterocycles. The third-order valence-electron chi connectivity index (χ3n) is 4.84. The summed E-state index contributed by atoms with van der Waals surface area (Å²) in [6, 6.07) is 2.21. The van der Waals surface area contributed by atoms with Crippen LogP contribution >= 0.6 is 23.7 Å². The van der Waals surface area contributed by atoms with Crippen molar-refractivity contribution in [2.75, 3.05) is 6.54 Å². The Bertz CT molecular complexity index is 709. The number of hydrogen-bond donors (Lipinski definition) is 2. The first-order chi connectivity index (χ1) is 11.0. The van der Waals surface area contributed by atoms with Gasteiger partial charge in [-0.15, -0.1) is 23.7 Å². The Morgan fingerprint density at radius 2 is 2.17 bits per heavy atom. The van der Waals surface area contributed by atoms with Crippen molar-refractivity contribution < 1.29 is 4.79 Å². The minimum atomic E-state index is 0. The molecule has 0 aromatic carbocycles. The normalized spacial score (nSPS) is 21.0. The van der Waals surface area contributed by atoms with E-state index in [4.69, 9.17) is 5.73 Å². The number of halogens is 1. The fraction of sp³-hybridized carbons (Fsp3) is 0.647. The summed E-state index contributed by atoms with van der Waals surface area (Å²) in [5.74, 6) is 0.797. The van der Waals surface area contributed by atoms with Crippen LogP contribution in [0.4, 0.5) is 0 Å². The molecule has 5 nitrogen and oxygen atoms in total. The summed E-state index contributed by atoms with van der Waals surface area (Å²) in [7, 11) is 1.94. The third-order valence-corrected chi connectivity index (χ3v) is 6.04. The highest BCUT2D eigenvalue weighted by molar-refractivity contribution is 7.20. The highest BCUT2D eigenvalue weighted by Gasteiger charge is 2.27. The molecule has 3 N–H and O–H groups in total. The smallest absolute Gasteiger partial charge is 0.261 e. The van der Waals surface area contributed by atoms with Crippen molar-refractivity contribution in [3.8, 4) is 0 Å². The SMILES string of the molecule is CC(C)c1nn(C)c2sc(C(=O)NC3CCCCC3CN)cc12.Cl. The van der Waals surface area contributed by atoms with Crippen LogP contribution in [-0.2, 0) is 7.05 Å². The van der Waals surface area contributed by atoms with Crippen LogP contribution in [0.1, 0.15) is 60.8 Å². The molecule has 1 amide bonds. The van der Waals surface area contributed by atoms with Crippen LogP contribution < -0.4 is 11.1 Å². The molecule has 2 atom stereocenters. The van der Waals surface area contributed by atoms with Gasteiger partial charge >= 0.3 is 0 Å². The van der Waals surface area contributed by atoms with Gasteiger partial charge in [0.1, 0.15) is 4.83 Å². The van der Waals surface area contributed by atoms with Gasteiger partial charge in [-0.2, -0.15) is 5.10 Å². The van der Waals surface area contributed by atoms with Crippen LogP contribution in [0.2, 0.25) is 0 Å². The Morgan fingerprint density at radius 3 is 2.83 bits per heavy atom. The van der Waals surface area contributed by atoms with Crippen LogP contribution in [0.15, 0.2) is 6.07 Å². The van der Waals surface area contributed by atoms with Gasteiger partial charge in [0.25, 0.3) is 5.91 Å². The Hall–Kier alpha value is -1.11. The van der Waals surface area contributed by atoms with Crippen molar-refractivity contribution in [3.05, 3.63) is 16.6 Å². The lowest BCUT2D eigenvalue weighted by Gasteiger charge is -2.31. The number of aromatic nitrogens is 2. The lowest BCUT2D eigenvalue weighted by molar-refractivity contribution is 0.0912. The quantitative estimate of drug-likeness (QED) is 0.865. The van der Waals surface area contributed by atoms with Crippen molar-refractivity contribution in [1.29, 1.82) is 0 Å². The van der Waals surface area contributed by atoms with Gasteiger partial charge < -0.3 is 11.1 Å². The summed E-state index contributed by atoms with van der Waals surface area (Å²) >= 11 is 1.52. The van der Waals surface area contributed by atoms with Crippen LogP contribution in [0, 0.1) is 5.92 Å². The molecule has 3 rings (SSSR count). The minimum absolute atomic E-state index is 0. The monoisotopic (exact) mass is 370 g/mol. The molecular weight excluding hydrogens is 344 g/mol. The van der Waals surface area contributed by atoms with Crippen molar-refractivity contribution in [3.63, 3.8) is 0 Å². The molecule has 1 fully saturated rings. The number of rotatable bonds is 4. The lowest BCUT2D eigenvalue weighted by atomic mass is 9.84. The van der Waals surface area contributed by atoms with E-state index < -0.39 is 0 Å². The number of nitrogens with one attached hydrogen (secondary N) is 1. The Balaban J connectivity index is 0.00000208. The number of thiophene rings is 1. The molecular formula is C17H27ClN4OS. The van der Waals surface area contributed by atoms with E-state index in [9.17, 15) is 4.79 Å². The molecule has 1 aliphatic carbocycles. The highest BCUT2D eigenvalue weighted by Crippen LogP contribution is 2.32. The molecule has 0 bridgehead atoms. The van der Waals surface area contributed by atoms with Gasteiger partial charge in [-0.3, -0.25) is 9.48 Å². The second-order valence-corrected chi connectivity index (χ2v) is 7.88. The summed E-state index contributed by atoms with van der Waals surface area (Å²) in [6.07, 6.45) is 4.56. The van der Waals surface area contributed by atoms with Gasteiger partial charge in [-0.1, -0.05) is 26.7 Å². The first-order valence-corrected chi connectivity index (χ1v) is 9.30. The number of carbonyl (C=O) groups is 1. The van der Waals surface area contributed by atoms with Crippen molar-refractivity contribution in [2.45, 2.75) is 51.5 Å². The number of nitrogens with two attached hydrogens (primary N) is 1. The molecule has 2 unspecified atom stereocenters. The average Bonchev–Trinajstić information content (AvgIpc) is 3.09. The van der Waals surface area contributed by atoms with Gasteiger partial charge in [0.05, 0.1) is 10.6 Å². The van der Waals surface area contributed by atoms with Gasteiger partial charge in [-0.25, -0.2) is 0 Å². The number of hydrogen-bond acceptors (Lipinski definition) is 4. The van der Waals surface area contributed by atoms with Crippen molar-refractivity contribution >= 4 is 39.9 Å². The molecule has 0 aliphatic heterocycles. The summed E-state index contributed by atoms with van der Waals surface area (Å²) in [4.78, 5) is 14.5. The maximum Gasteiger partial charge on any atom is 0.261 e.